The van der Waals surface area contributed by atoms with Crippen LogP contribution in [0.4, 0.5) is 13.2 Å². The fourth-order valence-electron chi connectivity index (χ4n) is 3.63. The number of nitrogens with one attached hydrogen (secondary N) is 1. The van der Waals surface area contributed by atoms with Gasteiger partial charge in [-0.1, -0.05) is 0 Å². The number of aromatic nitrogens is 4. The summed E-state index contributed by atoms with van der Waals surface area (Å²) in [6.07, 6.45) is 3.17. The summed E-state index contributed by atoms with van der Waals surface area (Å²) in [6.45, 7) is 0.279. The van der Waals surface area contributed by atoms with Crippen LogP contribution in [-0.4, -0.2) is 42.9 Å². The summed E-state index contributed by atoms with van der Waals surface area (Å²) in [5.74, 6) is -5.29. The minimum absolute atomic E-state index is 0.259. The second-order valence-corrected chi connectivity index (χ2v) is 6.72. The molecule has 2 aliphatic rings. The van der Waals surface area contributed by atoms with Crippen LogP contribution in [-0.2, 0) is 11.2 Å². The second kappa shape index (κ2) is 5.09. The first-order valence-electron chi connectivity index (χ1n) is 8.30. The first-order chi connectivity index (χ1) is 12.5. The van der Waals surface area contributed by atoms with Crippen molar-refractivity contribution in [2.45, 2.75) is 24.8 Å². The highest BCUT2D eigenvalue weighted by Crippen LogP contribution is 2.51. The lowest BCUT2D eigenvalue weighted by Crippen LogP contribution is -2.42. The Kier molecular flexibility index (Phi) is 3.02. The number of hydrogen-bond donors (Lipinski definition) is 1. The first-order valence-corrected chi connectivity index (χ1v) is 8.30. The van der Waals surface area contributed by atoms with E-state index in [-0.39, 0.29) is 12.1 Å². The molecule has 134 valence electrons. The van der Waals surface area contributed by atoms with Crippen LogP contribution in [0.5, 0.6) is 0 Å². The predicted octanol–water partition coefficient (Wildman–Crippen LogP) is 2.33. The van der Waals surface area contributed by atoms with Gasteiger partial charge in [0.2, 0.25) is 5.91 Å². The average molecular weight is 361 g/mol. The molecule has 1 amide bonds. The van der Waals surface area contributed by atoms with Crippen molar-refractivity contribution >= 4 is 11.4 Å². The zero-order valence-corrected chi connectivity index (χ0v) is 13.5. The van der Waals surface area contributed by atoms with Gasteiger partial charge in [0.1, 0.15) is 23.3 Å². The zero-order valence-electron chi connectivity index (χ0n) is 13.5. The summed E-state index contributed by atoms with van der Waals surface area (Å²) < 4.78 is 42.3. The number of amides is 1. The quantitative estimate of drug-likeness (QED) is 0.762. The molecule has 0 radical (unpaired) electrons. The van der Waals surface area contributed by atoms with Gasteiger partial charge in [-0.2, -0.15) is 5.10 Å². The first kappa shape index (κ1) is 15.4. The van der Waals surface area contributed by atoms with Crippen LogP contribution in [0.1, 0.15) is 29.5 Å². The summed E-state index contributed by atoms with van der Waals surface area (Å²) in [7, 11) is 0. The van der Waals surface area contributed by atoms with Crippen molar-refractivity contribution in [2.75, 3.05) is 6.54 Å². The number of alkyl halides is 2. The Bertz CT molecular complexity index is 1030. The van der Waals surface area contributed by atoms with Crippen molar-refractivity contribution in [1.82, 2.24) is 24.5 Å². The van der Waals surface area contributed by atoms with Crippen LogP contribution in [0.25, 0.3) is 5.52 Å². The Hall–Kier alpha value is -2.84. The number of hydrogen-bond acceptors (Lipinski definition) is 3. The van der Waals surface area contributed by atoms with Crippen molar-refractivity contribution in [3.05, 3.63) is 53.6 Å². The number of rotatable bonds is 2. The zero-order chi connectivity index (χ0) is 18.1. The standard InChI is InChI=1S/C17H14F3N5O/c18-10-2-1-4-25-13(10)6-12(23-25)15-14-11(21-8-22-14)3-5-24(15)16(26)9-7-17(9,19)20/h1-2,4,6,8-9,15H,3,5,7H2,(H,21,22)/t9-,15-/m0/s1. The normalized spacial score (nSPS) is 23.9. The fourth-order valence-corrected chi connectivity index (χ4v) is 3.63. The van der Waals surface area contributed by atoms with Crippen LogP contribution in [0.3, 0.4) is 0 Å². The van der Waals surface area contributed by atoms with Crippen LogP contribution in [0, 0.1) is 11.7 Å². The maximum absolute atomic E-state index is 14.0. The summed E-state index contributed by atoms with van der Waals surface area (Å²) in [5.41, 5.74) is 2.06. The van der Waals surface area contributed by atoms with Crippen molar-refractivity contribution < 1.29 is 18.0 Å². The molecule has 0 spiro atoms. The molecule has 1 saturated carbocycles. The molecule has 6 nitrogen and oxygen atoms in total. The smallest absolute Gasteiger partial charge is 0.260 e. The number of aromatic amines is 1. The van der Waals surface area contributed by atoms with Gasteiger partial charge in [0.15, 0.2) is 0 Å². The van der Waals surface area contributed by atoms with Gasteiger partial charge in [-0.15, -0.1) is 0 Å². The molecule has 3 aromatic rings. The maximum Gasteiger partial charge on any atom is 0.260 e. The van der Waals surface area contributed by atoms with Crippen LogP contribution >= 0.6 is 0 Å². The van der Waals surface area contributed by atoms with E-state index < -0.39 is 36.0 Å². The van der Waals surface area contributed by atoms with E-state index in [0.29, 0.717) is 17.8 Å². The van der Waals surface area contributed by atoms with Gasteiger partial charge in [0, 0.05) is 31.3 Å². The molecule has 1 fully saturated rings. The number of carbonyl (C=O) groups excluding carboxylic acids is 1. The van der Waals surface area contributed by atoms with Gasteiger partial charge in [0.25, 0.3) is 5.92 Å². The molecule has 26 heavy (non-hydrogen) atoms. The summed E-state index contributed by atoms with van der Waals surface area (Å²) in [6, 6.07) is 3.66. The minimum Gasteiger partial charge on any atom is -0.348 e. The van der Waals surface area contributed by atoms with E-state index in [4.69, 9.17) is 0 Å². The third-order valence-electron chi connectivity index (χ3n) is 5.08. The number of pyridine rings is 1. The number of halogens is 3. The molecule has 3 aromatic heterocycles. The summed E-state index contributed by atoms with van der Waals surface area (Å²) in [4.78, 5) is 21.4. The van der Waals surface area contributed by atoms with Crippen LogP contribution in [0.2, 0.25) is 0 Å². The monoisotopic (exact) mass is 361 g/mol. The molecular weight excluding hydrogens is 347 g/mol. The second-order valence-electron chi connectivity index (χ2n) is 6.72. The Balaban J connectivity index is 1.61. The molecule has 0 bridgehead atoms. The number of nitrogens with zero attached hydrogens (tertiary/aromatic N) is 4. The fraction of sp³-hybridized carbons (Fsp3) is 0.353. The molecule has 0 unspecified atom stereocenters. The third-order valence-corrected chi connectivity index (χ3v) is 5.08. The van der Waals surface area contributed by atoms with Gasteiger partial charge >= 0.3 is 0 Å². The van der Waals surface area contributed by atoms with E-state index >= 15 is 0 Å². The largest absolute Gasteiger partial charge is 0.348 e. The lowest BCUT2D eigenvalue weighted by atomic mass is 9.99. The van der Waals surface area contributed by atoms with Gasteiger partial charge in [-0.05, 0) is 18.2 Å². The number of fused-ring (bicyclic) bond motifs is 2. The lowest BCUT2D eigenvalue weighted by Gasteiger charge is -2.34. The summed E-state index contributed by atoms with van der Waals surface area (Å²) >= 11 is 0. The van der Waals surface area contributed by atoms with Gasteiger partial charge in [-0.3, -0.25) is 4.79 Å². The van der Waals surface area contributed by atoms with Crippen molar-refractivity contribution in [3.63, 3.8) is 0 Å². The molecule has 0 saturated heterocycles. The SMILES string of the molecule is O=C([C@@H]1CC1(F)F)N1CCc2[nH]cnc2[C@@H]1c1cc2c(F)cccn2n1. The number of H-pyrrole nitrogens is 1. The van der Waals surface area contributed by atoms with E-state index in [2.05, 4.69) is 15.1 Å². The molecule has 1 aliphatic carbocycles. The highest BCUT2D eigenvalue weighted by atomic mass is 19.3. The lowest BCUT2D eigenvalue weighted by molar-refractivity contribution is -0.137. The molecule has 1 aliphatic heterocycles. The minimum atomic E-state index is -2.95. The molecule has 5 rings (SSSR count). The molecule has 2 atom stereocenters. The molecule has 1 N–H and O–H groups in total. The van der Waals surface area contributed by atoms with E-state index in [9.17, 15) is 18.0 Å². The number of carbonyl (C=O) groups is 1. The van der Waals surface area contributed by atoms with Crippen LogP contribution in [0.15, 0.2) is 30.7 Å². The molecule has 4 heterocycles. The van der Waals surface area contributed by atoms with Gasteiger partial charge in [0.05, 0.1) is 17.7 Å². The maximum atomic E-state index is 14.0. The highest BCUT2D eigenvalue weighted by Gasteiger charge is 2.63. The molecule has 0 aromatic carbocycles. The van der Waals surface area contributed by atoms with E-state index in [1.807, 2.05) is 0 Å². The van der Waals surface area contributed by atoms with Crippen LogP contribution < -0.4 is 0 Å². The Morgan fingerprint density at radius 3 is 2.92 bits per heavy atom. The Morgan fingerprint density at radius 2 is 2.19 bits per heavy atom. The Morgan fingerprint density at radius 1 is 1.38 bits per heavy atom. The van der Waals surface area contributed by atoms with E-state index in [1.54, 1.807) is 6.20 Å². The highest BCUT2D eigenvalue weighted by molar-refractivity contribution is 5.84. The molecular formula is C17H14F3N5O. The summed E-state index contributed by atoms with van der Waals surface area (Å²) in [5, 5.41) is 4.37. The Labute approximate surface area is 145 Å². The predicted molar refractivity (Wildman–Crippen MR) is 84.1 cm³/mol. The molecule has 9 heteroatoms. The third kappa shape index (κ3) is 2.16. The average Bonchev–Trinajstić information content (AvgIpc) is 2.99. The van der Waals surface area contributed by atoms with Crippen molar-refractivity contribution in [3.8, 4) is 0 Å². The van der Waals surface area contributed by atoms with Gasteiger partial charge in [-0.25, -0.2) is 22.7 Å². The van der Waals surface area contributed by atoms with Crippen molar-refractivity contribution in [1.29, 1.82) is 0 Å². The van der Waals surface area contributed by atoms with Crippen molar-refractivity contribution in [2.24, 2.45) is 5.92 Å². The topological polar surface area (TPSA) is 66.3 Å². The van der Waals surface area contributed by atoms with E-state index in [1.165, 1.54) is 33.9 Å². The van der Waals surface area contributed by atoms with E-state index in [0.717, 1.165) is 5.69 Å². The number of imidazole rings is 1. The van der Waals surface area contributed by atoms with Gasteiger partial charge < -0.3 is 9.88 Å².